The van der Waals surface area contributed by atoms with Crippen LogP contribution in [0.2, 0.25) is 0 Å². The third-order valence-corrected chi connectivity index (χ3v) is 8.20. The van der Waals surface area contributed by atoms with Crippen LogP contribution in [-0.4, -0.2) is 38.1 Å². The van der Waals surface area contributed by atoms with Gasteiger partial charge in [0.2, 0.25) is 0 Å². The zero-order valence-corrected chi connectivity index (χ0v) is 21.4. The number of aliphatic hydroxyl groups is 1. The molecule has 2 aliphatic carbocycles. The second-order valence-electron chi connectivity index (χ2n) is 10.4. The first-order valence-corrected chi connectivity index (χ1v) is 12.9. The summed E-state index contributed by atoms with van der Waals surface area (Å²) in [5.74, 6) is -0.934. The number of amides is 1. The van der Waals surface area contributed by atoms with Crippen molar-refractivity contribution in [3.05, 3.63) is 76.6 Å². The van der Waals surface area contributed by atoms with Crippen molar-refractivity contribution in [1.29, 1.82) is 5.26 Å². The molecule has 0 saturated heterocycles. The molecule has 5 rings (SSSR count). The molecule has 1 amide bonds. The zero-order chi connectivity index (χ0) is 27.0. The Hall–Kier alpha value is -4.16. The van der Waals surface area contributed by atoms with Crippen molar-refractivity contribution < 1.29 is 19.8 Å². The number of aliphatic carboxylic acids is 1. The Labute approximate surface area is 221 Å². The Morgan fingerprint density at radius 2 is 2.11 bits per heavy atom. The number of rotatable bonds is 9. The van der Waals surface area contributed by atoms with E-state index in [9.17, 15) is 20.0 Å². The highest BCUT2D eigenvalue weighted by atomic mass is 16.4. The Balaban J connectivity index is 1.35. The van der Waals surface area contributed by atoms with E-state index >= 15 is 0 Å². The lowest BCUT2D eigenvalue weighted by Crippen LogP contribution is -2.26. The van der Waals surface area contributed by atoms with Crippen LogP contribution in [0.15, 0.2) is 48.8 Å². The van der Waals surface area contributed by atoms with Gasteiger partial charge >= 0.3 is 5.97 Å². The van der Waals surface area contributed by atoms with Gasteiger partial charge in [0.25, 0.3) is 5.91 Å². The molecule has 9 nitrogen and oxygen atoms in total. The molecule has 1 saturated carbocycles. The molecule has 1 spiro atoms. The fraction of sp³-hybridized carbons (Fsp3) is 0.379. The van der Waals surface area contributed by atoms with Crippen LogP contribution in [0.1, 0.15) is 58.8 Å². The van der Waals surface area contributed by atoms with Gasteiger partial charge in [-0.2, -0.15) is 10.4 Å². The van der Waals surface area contributed by atoms with Gasteiger partial charge in [0.15, 0.2) is 0 Å². The van der Waals surface area contributed by atoms with E-state index in [4.69, 9.17) is 5.11 Å². The second-order valence-corrected chi connectivity index (χ2v) is 10.4. The lowest BCUT2D eigenvalue weighted by Gasteiger charge is -2.21. The number of fused-ring (bicyclic) bond motifs is 2. The molecule has 2 aromatic carbocycles. The van der Waals surface area contributed by atoms with Gasteiger partial charge in [0.1, 0.15) is 6.23 Å². The van der Waals surface area contributed by atoms with Gasteiger partial charge in [-0.25, -0.2) is 0 Å². The summed E-state index contributed by atoms with van der Waals surface area (Å²) in [5.41, 5.74) is 5.26. The summed E-state index contributed by atoms with van der Waals surface area (Å²) in [5, 5.41) is 40.0. The molecule has 196 valence electrons. The van der Waals surface area contributed by atoms with E-state index in [1.54, 1.807) is 36.3 Å². The molecule has 1 aromatic heterocycles. The topological polar surface area (TPSA) is 140 Å². The van der Waals surface area contributed by atoms with Gasteiger partial charge < -0.3 is 20.8 Å². The van der Waals surface area contributed by atoms with Crippen LogP contribution >= 0.6 is 0 Å². The minimum absolute atomic E-state index is 0.0538. The van der Waals surface area contributed by atoms with Crippen LogP contribution in [0.4, 0.5) is 11.4 Å². The normalized spacial score (nSPS) is 21.9. The number of benzene rings is 2. The van der Waals surface area contributed by atoms with E-state index in [0.717, 1.165) is 24.0 Å². The van der Waals surface area contributed by atoms with Gasteiger partial charge in [-0.3, -0.25) is 14.3 Å². The number of anilines is 2. The predicted molar refractivity (Wildman–Crippen MR) is 142 cm³/mol. The highest BCUT2D eigenvalue weighted by molar-refractivity contribution is 6.04. The Morgan fingerprint density at radius 1 is 1.29 bits per heavy atom. The van der Waals surface area contributed by atoms with Crippen LogP contribution in [0.5, 0.6) is 0 Å². The fourth-order valence-electron chi connectivity index (χ4n) is 6.25. The first-order valence-electron chi connectivity index (χ1n) is 12.9. The number of carboxylic acids is 1. The summed E-state index contributed by atoms with van der Waals surface area (Å²) in [7, 11) is 1.79. The molecule has 38 heavy (non-hydrogen) atoms. The molecular weight excluding hydrogens is 482 g/mol. The average molecular weight is 514 g/mol. The van der Waals surface area contributed by atoms with E-state index < -0.39 is 12.2 Å². The smallest absolute Gasteiger partial charge is 0.303 e. The van der Waals surface area contributed by atoms with Crippen LogP contribution in [-0.2, 0) is 30.1 Å². The standard InChI is InChI=1S/C29H31N5O4/c1-17-26(28(38)33-24-12-18(14-30)6-7-20(24)4-3-5-25(35)36)29(17)11-10-19-8-9-21(13-23(19)29)27(37)32-22-15-31-34(2)16-22/h6-9,12-13,15-17,26,28,33,38H,3-5,10-11H2,1-2H3,(H,32,37)(H,35,36)/t17-,26-,28?,29-/m0/s1. The number of hydrogen-bond donors (Lipinski definition) is 4. The molecule has 0 bridgehead atoms. The van der Waals surface area contributed by atoms with Crippen LogP contribution < -0.4 is 10.6 Å². The quantitative estimate of drug-likeness (QED) is 0.319. The molecule has 0 aliphatic heterocycles. The Kier molecular flexibility index (Phi) is 6.67. The Morgan fingerprint density at radius 3 is 2.82 bits per heavy atom. The number of nitriles is 1. The molecule has 1 unspecified atom stereocenters. The highest BCUT2D eigenvalue weighted by Crippen LogP contribution is 2.67. The molecular formula is C29H31N5O4. The number of aromatic nitrogens is 2. The van der Waals surface area contributed by atoms with Crippen molar-refractivity contribution in [3.8, 4) is 6.07 Å². The van der Waals surface area contributed by atoms with Crippen LogP contribution in [0, 0.1) is 23.2 Å². The predicted octanol–water partition coefficient (Wildman–Crippen LogP) is 3.83. The van der Waals surface area contributed by atoms with Gasteiger partial charge in [-0.05, 0) is 72.6 Å². The number of nitrogens with zero attached hydrogens (tertiary/aromatic N) is 3. The first-order chi connectivity index (χ1) is 18.2. The molecule has 2 aliphatic rings. The summed E-state index contributed by atoms with van der Waals surface area (Å²) in [6, 6.07) is 13.2. The third-order valence-electron chi connectivity index (χ3n) is 8.20. The monoisotopic (exact) mass is 513 g/mol. The summed E-state index contributed by atoms with van der Waals surface area (Å²) in [6.07, 6.45) is 5.30. The van der Waals surface area contributed by atoms with Gasteiger partial charge in [-0.15, -0.1) is 0 Å². The Bertz CT molecular complexity index is 1440. The number of aryl methyl sites for hydroxylation is 3. The summed E-state index contributed by atoms with van der Waals surface area (Å²) in [4.78, 5) is 23.9. The summed E-state index contributed by atoms with van der Waals surface area (Å²) >= 11 is 0. The summed E-state index contributed by atoms with van der Waals surface area (Å²) < 4.78 is 1.63. The van der Waals surface area contributed by atoms with E-state index in [2.05, 4.69) is 28.7 Å². The number of aliphatic hydroxyl groups excluding tert-OH is 1. The number of carbonyl (C=O) groups is 2. The molecule has 4 N–H and O–H groups in total. The van der Waals surface area contributed by atoms with E-state index in [1.807, 2.05) is 24.3 Å². The average Bonchev–Trinajstić information content (AvgIpc) is 3.13. The second kappa shape index (κ2) is 9.95. The van der Waals surface area contributed by atoms with E-state index in [1.165, 1.54) is 5.56 Å². The molecule has 3 aromatic rings. The van der Waals surface area contributed by atoms with Gasteiger partial charge in [0, 0.05) is 42.2 Å². The van der Waals surface area contributed by atoms with Crippen molar-refractivity contribution in [2.75, 3.05) is 10.6 Å². The lowest BCUT2D eigenvalue weighted by molar-refractivity contribution is -0.137. The molecule has 4 atom stereocenters. The maximum absolute atomic E-state index is 12.9. The maximum atomic E-state index is 12.9. The fourth-order valence-corrected chi connectivity index (χ4v) is 6.25. The molecule has 1 fully saturated rings. The minimum Gasteiger partial charge on any atom is -0.481 e. The minimum atomic E-state index is -0.865. The van der Waals surface area contributed by atoms with Crippen LogP contribution in [0.25, 0.3) is 0 Å². The van der Waals surface area contributed by atoms with Crippen molar-refractivity contribution in [1.82, 2.24) is 9.78 Å². The molecule has 1 heterocycles. The number of hydrogen-bond acceptors (Lipinski definition) is 6. The van der Waals surface area contributed by atoms with Gasteiger partial charge in [-0.1, -0.05) is 19.1 Å². The number of carbonyl (C=O) groups excluding carboxylic acids is 1. The van der Waals surface area contributed by atoms with Crippen molar-refractivity contribution in [2.45, 2.75) is 50.7 Å². The van der Waals surface area contributed by atoms with Crippen molar-refractivity contribution in [3.63, 3.8) is 0 Å². The van der Waals surface area contributed by atoms with Crippen molar-refractivity contribution in [2.24, 2.45) is 18.9 Å². The van der Waals surface area contributed by atoms with Crippen LogP contribution in [0.3, 0.4) is 0 Å². The summed E-state index contributed by atoms with van der Waals surface area (Å²) in [6.45, 7) is 2.13. The van der Waals surface area contributed by atoms with Gasteiger partial charge in [0.05, 0.1) is 23.5 Å². The van der Waals surface area contributed by atoms with E-state index in [-0.39, 0.29) is 29.6 Å². The SMILES string of the molecule is C[C@H]1[C@@H](C(O)Nc2cc(C#N)ccc2CCCC(=O)O)[C@@]12CCc1ccc(C(=O)Nc3cnn(C)c3)cc12. The van der Waals surface area contributed by atoms with Crippen molar-refractivity contribution >= 4 is 23.3 Å². The largest absolute Gasteiger partial charge is 0.481 e. The zero-order valence-electron chi connectivity index (χ0n) is 21.4. The third kappa shape index (κ3) is 4.63. The molecule has 9 heteroatoms. The molecule has 0 radical (unpaired) electrons. The lowest BCUT2D eigenvalue weighted by atomic mass is 9.92. The number of nitrogens with one attached hydrogen (secondary N) is 2. The number of carboxylic acid groups (broad SMARTS) is 1. The van der Waals surface area contributed by atoms with E-state index in [0.29, 0.717) is 35.3 Å². The highest BCUT2D eigenvalue weighted by Gasteiger charge is 2.67. The first kappa shape index (κ1) is 25.5. The maximum Gasteiger partial charge on any atom is 0.303 e.